The van der Waals surface area contributed by atoms with Gasteiger partial charge in [0.05, 0.1) is 16.7 Å². The first-order valence-corrected chi connectivity index (χ1v) is 12.5. The zero-order valence-electron chi connectivity index (χ0n) is 22.2. The number of rotatable bonds is 2. The minimum absolute atomic E-state index is 0.500. The minimum atomic E-state index is -2.22. The van der Waals surface area contributed by atoms with Gasteiger partial charge in [0.15, 0.2) is 58.7 Å². The molecule has 2 aliphatic heterocycles. The molecular weight excluding hydrogens is 612 g/mol. The van der Waals surface area contributed by atoms with Crippen LogP contribution in [0.15, 0.2) is 24.3 Å². The summed E-state index contributed by atoms with van der Waals surface area (Å²) in [6, 6.07) is 2.41. The zero-order chi connectivity index (χ0) is 33.1. The number of cyclic esters (lactones) is 1. The van der Waals surface area contributed by atoms with E-state index in [9.17, 15) is 70.6 Å². The Morgan fingerprint density at radius 1 is 0.689 bits per heavy atom. The van der Waals surface area contributed by atoms with Crippen molar-refractivity contribution in [2.45, 2.75) is 30.7 Å². The molecule has 0 aromatic heterocycles. The molecule has 0 radical (unpaired) electrons. The molecule has 1 saturated heterocycles. The number of phenolic OH excluding ortho intramolecular Hbond substituents is 9. The summed E-state index contributed by atoms with van der Waals surface area (Å²) in [6.45, 7) is -0.924. The van der Waals surface area contributed by atoms with Gasteiger partial charge in [-0.3, -0.25) is 0 Å². The van der Waals surface area contributed by atoms with Crippen molar-refractivity contribution in [3.05, 3.63) is 41.0 Å². The molecule has 2 heterocycles. The number of aromatic hydroxyl groups is 9. The van der Waals surface area contributed by atoms with Gasteiger partial charge in [-0.2, -0.15) is 0 Å². The number of aliphatic hydroxyl groups excluding tert-OH is 2. The van der Waals surface area contributed by atoms with Gasteiger partial charge in [0.1, 0.15) is 18.8 Å². The molecule has 18 nitrogen and oxygen atoms in total. The fourth-order valence-corrected chi connectivity index (χ4v) is 4.76. The Hall–Kier alpha value is -5.85. The highest BCUT2D eigenvalue weighted by molar-refractivity contribution is 6.08. The first kappa shape index (κ1) is 30.6. The predicted octanol–water partition coefficient (Wildman–Crippen LogP) is -0.297. The standard InChI is InChI=1S/C27H22O18/c28-9-1-6(2-10(29)16(9)32)24(38)45-23-22-19(35)13(43-27(23)41)5-42-25(39)7-3-11(30)17(33)20(36)14(7)15-8(26(40)44-22)4-12(31)18(34)21(15)37/h1-4,13,19,22-23,27-37,41H,5H2. The lowest BCUT2D eigenvalue weighted by molar-refractivity contribution is -0.284. The number of aliphatic hydroxyl groups is 2. The summed E-state index contributed by atoms with van der Waals surface area (Å²) in [5, 5.41) is 113. The van der Waals surface area contributed by atoms with Gasteiger partial charge in [-0.25, -0.2) is 14.4 Å². The Morgan fingerprint density at radius 3 is 1.71 bits per heavy atom. The molecule has 1 fully saturated rings. The Bertz CT molecular complexity index is 1730. The van der Waals surface area contributed by atoms with Crippen LogP contribution in [0.3, 0.4) is 0 Å². The van der Waals surface area contributed by atoms with Crippen LogP contribution in [0.1, 0.15) is 31.1 Å². The van der Waals surface area contributed by atoms with E-state index < -0.39 is 135 Å². The van der Waals surface area contributed by atoms with E-state index >= 15 is 0 Å². The Morgan fingerprint density at radius 2 is 1.18 bits per heavy atom. The largest absolute Gasteiger partial charge is 0.504 e. The summed E-state index contributed by atoms with van der Waals surface area (Å²) in [5.74, 6) is -14.7. The van der Waals surface area contributed by atoms with Crippen LogP contribution in [-0.2, 0) is 18.9 Å². The molecular formula is C27H22O18. The van der Waals surface area contributed by atoms with Gasteiger partial charge in [0.25, 0.3) is 0 Å². The number of esters is 3. The van der Waals surface area contributed by atoms with Crippen molar-refractivity contribution in [3.8, 4) is 62.9 Å². The zero-order valence-corrected chi connectivity index (χ0v) is 22.2. The van der Waals surface area contributed by atoms with Crippen LogP contribution < -0.4 is 0 Å². The molecule has 5 atom stereocenters. The molecule has 5 unspecified atom stereocenters. The number of hydrogen-bond acceptors (Lipinski definition) is 18. The number of fused-ring (bicyclic) bond motifs is 5. The lowest BCUT2D eigenvalue weighted by Gasteiger charge is -2.41. The van der Waals surface area contributed by atoms with Crippen molar-refractivity contribution < 1.29 is 89.5 Å². The van der Waals surface area contributed by atoms with Crippen molar-refractivity contribution >= 4 is 17.9 Å². The van der Waals surface area contributed by atoms with E-state index in [1.165, 1.54) is 0 Å². The van der Waals surface area contributed by atoms with E-state index in [0.29, 0.717) is 24.3 Å². The predicted molar refractivity (Wildman–Crippen MR) is 139 cm³/mol. The van der Waals surface area contributed by atoms with Gasteiger partial charge in [-0.1, -0.05) is 0 Å². The van der Waals surface area contributed by atoms with Gasteiger partial charge in [-0.15, -0.1) is 0 Å². The van der Waals surface area contributed by atoms with Crippen LogP contribution in [0, 0.1) is 0 Å². The third-order valence-corrected chi connectivity index (χ3v) is 7.00. The molecule has 0 aliphatic carbocycles. The molecule has 0 saturated carbocycles. The second-order valence-corrected chi connectivity index (χ2v) is 9.79. The quantitative estimate of drug-likeness (QED) is 0.0979. The molecule has 5 rings (SSSR count). The van der Waals surface area contributed by atoms with Gasteiger partial charge in [-0.05, 0) is 24.3 Å². The maximum Gasteiger partial charge on any atom is 0.339 e. The highest BCUT2D eigenvalue weighted by Crippen LogP contribution is 2.53. The van der Waals surface area contributed by atoms with Gasteiger partial charge >= 0.3 is 17.9 Å². The molecule has 2 aliphatic rings. The summed E-state index contributed by atoms with van der Waals surface area (Å²) >= 11 is 0. The average molecular weight is 634 g/mol. The van der Waals surface area contributed by atoms with Crippen molar-refractivity contribution in [1.29, 1.82) is 0 Å². The maximum atomic E-state index is 13.6. The summed E-state index contributed by atoms with van der Waals surface area (Å²) in [4.78, 5) is 39.5. The first-order valence-electron chi connectivity index (χ1n) is 12.5. The lowest BCUT2D eigenvalue weighted by atomic mass is 9.91. The monoisotopic (exact) mass is 634 g/mol. The van der Waals surface area contributed by atoms with E-state index in [2.05, 4.69) is 0 Å². The third-order valence-electron chi connectivity index (χ3n) is 7.00. The van der Waals surface area contributed by atoms with Crippen LogP contribution >= 0.6 is 0 Å². The number of carbonyl (C=O) groups excluding carboxylic acids is 3. The average Bonchev–Trinajstić information content (AvgIpc) is 2.99. The summed E-state index contributed by atoms with van der Waals surface area (Å²) in [5.41, 5.74) is -4.19. The van der Waals surface area contributed by atoms with Gasteiger partial charge < -0.3 is 75.1 Å². The van der Waals surface area contributed by atoms with E-state index in [4.69, 9.17) is 18.9 Å². The number of ether oxygens (including phenoxy) is 4. The van der Waals surface area contributed by atoms with Crippen molar-refractivity contribution in [3.63, 3.8) is 0 Å². The van der Waals surface area contributed by atoms with Gasteiger partial charge in [0.2, 0.25) is 11.5 Å². The summed E-state index contributed by atoms with van der Waals surface area (Å²) < 4.78 is 20.8. The topological polar surface area (TPSA) is 311 Å². The van der Waals surface area contributed by atoms with E-state index in [-0.39, 0.29) is 0 Å². The molecule has 2 bridgehead atoms. The maximum absolute atomic E-state index is 13.6. The van der Waals surface area contributed by atoms with Crippen LogP contribution in [-0.4, -0.2) is 111 Å². The lowest BCUT2D eigenvalue weighted by Crippen LogP contribution is -2.61. The van der Waals surface area contributed by atoms with Crippen LogP contribution in [0.2, 0.25) is 0 Å². The Balaban J connectivity index is 1.65. The third kappa shape index (κ3) is 5.07. The molecule has 3 aromatic carbocycles. The molecule has 45 heavy (non-hydrogen) atoms. The first-order chi connectivity index (χ1) is 21.1. The number of carbonyl (C=O) groups is 3. The number of phenols is 9. The van der Waals surface area contributed by atoms with Crippen LogP contribution in [0.5, 0.6) is 51.7 Å². The Labute approximate surface area is 248 Å². The minimum Gasteiger partial charge on any atom is -0.504 e. The van der Waals surface area contributed by atoms with Crippen molar-refractivity contribution in [2.75, 3.05) is 6.61 Å². The van der Waals surface area contributed by atoms with E-state index in [1.54, 1.807) is 0 Å². The van der Waals surface area contributed by atoms with E-state index in [0.717, 1.165) is 0 Å². The summed E-state index contributed by atoms with van der Waals surface area (Å²) in [6.07, 6.45) is -10.2. The van der Waals surface area contributed by atoms with Gasteiger partial charge in [0, 0.05) is 11.1 Å². The molecule has 11 N–H and O–H groups in total. The molecule has 0 spiro atoms. The molecule has 238 valence electrons. The second kappa shape index (κ2) is 11.0. The normalized spacial score (nSPS) is 22.9. The fourth-order valence-electron chi connectivity index (χ4n) is 4.76. The second-order valence-electron chi connectivity index (χ2n) is 9.79. The van der Waals surface area contributed by atoms with Crippen molar-refractivity contribution in [1.82, 2.24) is 0 Å². The number of hydrogen-bond donors (Lipinski definition) is 11. The SMILES string of the molecule is O=C(OC1C(O)OC2COC(=O)c3cc(O)c(O)c(O)c3-c3c(cc(O)c(O)c3O)C(=O)OC1C2O)c1cc(O)c(O)c(O)c1. The molecule has 18 heteroatoms. The molecule has 3 aromatic rings. The highest BCUT2D eigenvalue weighted by Gasteiger charge is 2.50. The number of benzene rings is 3. The van der Waals surface area contributed by atoms with E-state index in [1.807, 2.05) is 0 Å². The fraction of sp³-hybridized carbons (Fsp3) is 0.222. The Kier molecular flexibility index (Phi) is 7.49. The van der Waals surface area contributed by atoms with Crippen LogP contribution in [0.4, 0.5) is 0 Å². The molecule has 0 amide bonds. The van der Waals surface area contributed by atoms with Crippen molar-refractivity contribution in [2.24, 2.45) is 0 Å². The summed E-state index contributed by atoms with van der Waals surface area (Å²) in [7, 11) is 0. The smallest absolute Gasteiger partial charge is 0.339 e. The van der Waals surface area contributed by atoms with Crippen LogP contribution in [0.25, 0.3) is 11.1 Å². The highest BCUT2D eigenvalue weighted by atomic mass is 16.7.